The van der Waals surface area contributed by atoms with Gasteiger partial charge in [-0.2, -0.15) is 0 Å². The van der Waals surface area contributed by atoms with Crippen LogP contribution in [-0.2, 0) is 0 Å². The summed E-state index contributed by atoms with van der Waals surface area (Å²) in [7, 11) is 0. The molecule has 18 heavy (non-hydrogen) atoms. The highest BCUT2D eigenvalue weighted by molar-refractivity contribution is 6.30. The fourth-order valence-corrected chi connectivity index (χ4v) is 2.65. The summed E-state index contributed by atoms with van der Waals surface area (Å²) in [4.78, 5) is 2.57. The summed E-state index contributed by atoms with van der Waals surface area (Å²) in [5.41, 5.74) is 1.30. The van der Waals surface area contributed by atoms with Gasteiger partial charge in [-0.15, -0.1) is 0 Å². The Morgan fingerprint density at radius 2 is 1.78 bits per heavy atom. The fraction of sp³-hybridized carbons (Fsp3) is 0.600. The number of nitrogens with one attached hydrogen (secondary N) is 1. The Morgan fingerprint density at radius 3 is 2.39 bits per heavy atom. The molecule has 0 aliphatic carbocycles. The molecule has 0 amide bonds. The van der Waals surface area contributed by atoms with E-state index >= 15 is 0 Å². The lowest BCUT2D eigenvalue weighted by atomic mass is 10.1. The van der Waals surface area contributed by atoms with E-state index < -0.39 is 0 Å². The summed E-state index contributed by atoms with van der Waals surface area (Å²) >= 11 is 5.90. The highest BCUT2D eigenvalue weighted by atomic mass is 35.5. The van der Waals surface area contributed by atoms with Crippen LogP contribution in [-0.4, -0.2) is 30.6 Å². The van der Waals surface area contributed by atoms with Crippen LogP contribution in [0.5, 0.6) is 0 Å². The van der Waals surface area contributed by atoms with Crippen LogP contribution in [0.25, 0.3) is 0 Å². The second-order valence-corrected chi connectivity index (χ2v) is 5.71. The average Bonchev–Trinajstić information content (AvgIpc) is 2.90. The van der Waals surface area contributed by atoms with Crippen LogP contribution in [0, 0.1) is 0 Å². The molecule has 1 saturated heterocycles. The number of likely N-dealkylation sites (tertiary alicyclic amines) is 1. The van der Waals surface area contributed by atoms with Crippen molar-refractivity contribution in [3.63, 3.8) is 0 Å². The molecule has 0 aromatic heterocycles. The van der Waals surface area contributed by atoms with Gasteiger partial charge in [-0.25, -0.2) is 0 Å². The summed E-state index contributed by atoms with van der Waals surface area (Å²) < 4.78 is 0. The highest BCUT2D eigenvalue weighted by Crippen LogP contribution is 2.17. The third-order valence-corrected chi connectivity index (χ3v) is 4.11. The molecule has 1 aromatic carbocycles. The summed E-state index contributed by atoms with van der Waals surface area (Å²) in [6.07, 6.45) is 2.72. The molecule has 0 saturated carbocycles. The van der Waals surface area contributed by atoms with Crippen molar-refractivity contribution in [3.05, 3.63) is 34.9 Å². The molecule has 1 fully saturated rings. The topological polar surface area (TPSA) is 15.3 Å². The normalized spacial score (nSPS) is 19.9. The van der Waals surface area contributed by atoms with Gasteiger partial charge in [0.05, 0.1) is 0 Å². The van der Waals surface area contributed by atoms with Crippen molar-refractivity contribution >= 4 is 11.6 Å². The molecule has 1 heterocycles. The first-order valence-electron chi connectivity index (χ1n) is 6.89. The largest absolute Gasteiger partial charge is 0.309 e. The van der Waals surface area contributed by atoms with Gasteiger partial charge in [0.2, 0.25) is 0 Å². The lowest BCUT2D eigenvalue weighted by Gasteiger charge is -2.26. The van der Waals surface area contributed by atoms with Crippen molar-refractivity contribution in [1.29, 1.82) is 0 Å². The fourth-order valence-electron chi connectivity index (χ4n) is 2.53. The van der Waals surface area contributed by atoms with Crippen molar-refractivity contribution in [2.24, 2.45) is 0 Å². The summed E-state index contributed by atoms with van der Waals surface area (Å²) in [5, 5.41) is 4.41. The zero-order valence-corrected chi connectivity index (χ0v) is 12.1. The molecule has 100 valence electrons. The van der Waals surface area contributed by atoms with Gasteiger partial charge in [-0.05, 0) is 57.5 Å². The van der Waals surface area contributed by atoms with Gasteiger partial charge >= 0.3 is 0 Å². The maximum absolute atomic E-state index is 5.90. The van der Waals surface area contributed by atoms with E-state index in [0.29, 0.717) is 12.1 Å². The van der Waals surface area contributed by atoms with Crippen LogP contribution in [0.15, 0.2) is 24.3 Å². The van der Waals surface area contributed by atoms with Gasteiger partial charge in [0.15, 0.2) is 0 Å². The minimum Gasteiger partial charge on any atom is -0.309 e. The lowest BCUT2D eigenvalue weighted by Crippen LogP contribution is -2.39. The van der Waals surface area contributed by atoms with E-state index in [-0.39, 0.29) is 0 Å². The first kappa shape index (κ1) is 13.9. The minimum atomic E-state index is 0.382. The quantitative estimate of drug-likeness (QED) is 0.878. The van der Waals surface area contributed by atoms with Gasteiger partial charge in [0, 0.05) is 23.7 Å². The Labute approximate surface area is 115 Å². The van der Waals surface area contributed by atoms with Crippen molar-refractivity contribution in [2.75, 3.05) is 19.6 Å². The maximum Gasteiger partial charge on any atom is 0.0406 e. The molecule has 1 aliphatic heterocycles. The van der Waals surface area contributed by atoms with Gasteiger partial charge in [0.25, 0.3) is 0 Å². The van der Waals surface area contributed by atoms with E-state index in [2.05, 4.69) is 36.2 Å². The summed E-state index contributed by atoms with van der Waals surface area (Å²) in [6.45, 7) is 8.09. The molecule has 0 radical (unpaired) electrons. The standard InChI is InChI=1S/C15H23ClN2/c1-12(18-9-3-4-10-18)11-17-13(2)14-5-7-15(16)8-6-14/h5-8,12-13,17H,3-4,9-11H2,1-2H3. The third-order valence-electron chi connectivity index (χ3n) is 3.85. The second kappa shape index (κ2) is 6.55. The van der Waals surface area contributed by atoms with E-state index in [1.165, 1.54) is 31.5 Å². The molecule has 0 spiro atoms. The van der Waals surface area contributed by atoms with Crippen LogP contribution >= 0.6 is 11.6 Å². The van der Waals surface area contributed by atoms with Crippen molar-refractivity contribution < 1.29 is 0 Å². The van der Waals surface area contributed by atoms with Gasteiger partial charge in [0.1, 0.15) is 0 Å². The van der Waals surface area contributed by atoms with E-state index in [1.54, 1.807) is 0 Å². The molecular formula is C15H23ClN2. The van der Waals surface area contributed by atoms with Gasteiger partial charge < -0.3 is 5.32 Å². The molecule has 2 rings (SSSR count). The molecule has 2 atom stereocenters. The number of hydrogen-bond donors (Lipinski definition) is 1. The van der Waals surface area contributed by atoms with E-state index in [9.17, 15) is 0 Å². The van der Waals surface area contributed by atoms with E-state index in [4.69, 9.17) is 11.6 Å². The van der Waals surface area contributed by atoms with Crippen LogP contribution in [0.2, 0.25) is 5.02 Å². The van der Waals surface area contributed by atoms with Crippen LogP contribution < -0.4 is 5.32 Å². The summed E-state index contributed by atoms with van der Waals surface area (Å²) in [6, 6.07) is 9.12. The molecule has 0 bridgehead atoms. The predicted molar refractivity (Wildman–Crippen MR) is 78.1 cm³/mol. The summed E-state index contributed by atoms with van der Waals surface area (Å²) in [5.74, 6) is 0. The number of benzene rings is 1. The van der Waals surface area contributed by atoms with Crippen molar-refractivity contribution in [2.45, 2.75) is 38.8 Å². The van der Waals surface area contributed by atoms with Crippen LogP contribution in [0.4, 0.5) is 0 Å². The zero-order chi connectivity index (χ0) is 13.0. The zero-order valence-electron chi connectivity index (χ0n) is 11.3. The minimum absolute atomic E-state index is 0.382. The number of nitrogens with zero attached hydrogens (tertiary/aromatic N) is 1. The molecule has 2 nitrogen and oxygen atoms in total. The first-order valence-corrected chi connectivity index (χ1v) is 7.27. The van der Waals surface area contributed by atoms with Gasteiger partial charge in [-0.3, -0.25) is 4.90 Å². The number of hydrogen-bond acceptors (Lipinski definition) is 2. The van der Waals surface area contributed by atoms with E-state index in [0.717, 1.165) is 11.6 Å². The number of halogens is 1. The Morgan fingerprint density at radius 1 is 1.17 bits per heavy atom. The maximum atomic E-state index is 5.90. The molecule has 3 heteroatoms. The van der Waals surface area contributed by atoms with Crippen LogP contribution in [0.3, 0.4) is 0 Å². The average molecular weight is 267 g/mol. The SMILES string of the molecule is CC(NCC(C)N1CCCC1)c1ccc(Cl)cc1. The molecular weight excluding hydrogens is 244 g/mol. The molecule has 1 aliphatic rings. The Kier molecular flexibility index (Phi) is 5.04. The third kappa shape index (κ3) is 3.71. The highest BCUT2D eigenvalue weighted by Gasteiger charge is 2.18. The van der Waals surface area contributed by atoms with Crippen molar-refractivity contribution in [3.8, 4) is 0 Å². The van der Waals surface area contributed by atoms with Crippen molar-refractivity contribution in [1.82, 2.24) is 10.2 Å². The van der Waals surface area contributed by atoms with E-state index in [1.807, 2.05) is 12.1 Å². The Bertz CT molecular complexity index is 357. The molecule has 1 N–H and O–H groups in total. The molecule has 2 unspecified atom stereocenters. The lowest BCUT2D eigenvalue weighted by molar-refractivity contribution is 0.247. The van der Waals surface area contributed by atoms with Crippen LogP contribution in [0.1, 0.15) is 38.3 Å². The Balaban J connectivity index is 1.80. The second-order valence-electron chi connectivity index (χ2n) is 5.27. The smallest absolute Gasteiger partial charge is 0.0406 e. The monoisotopic (exact) mass is 266 g/mol. The predicted octanol–water partition coefficient (Wildman–Crippen LogP) is 3.47. The molecule has 1 aromatic rings. The first-order chi connectivity index (χ1) is 8.66. The van der Waals surface area contributed by atoms with Gasteiger partial charge in [-0.1, -0.05) is 23.7 Å². The Hall–Kier alpha value is -0.570. The number of rotatable bonds is 5.